The molecule has 6 heteroatoms. The summed E-state index contributed by atoms with van der Waals surface area (Å²) in [4.78, 5) is 32.7. The number of likely N-dealkylation sites (tertiary alicyclic amines) is 1. The Kier molecular flexibility index (Phi) is 5.50. The number of amides is 2. The molecule has 1 unspecified atom stereocenters. The third kappa shape index (κ3) is 3.91. The zero-order valence-electron chi connectivity index (χ0n) is 15.2. The zero-order chi connectivity index (χ0) is 17.9. The van der Waals surface area contributed by atoms with E-state index in [2.05, 4.69) is 17.0 Å². The molecule has 2 saturated heterocycles. The summed E-state index contributed by atoms with van der Waals surface area (Å²) < 4.78 is 0. The molecule has 3 aliphatic rings. The first-order valence-corrected chi connectivity index (χ1v) is 10.6. The second kappa shape index (κ2) is 8.01. The van der Waals surface area contributed by atoms with Crippen molar-refractivity contribution in [1.29, 1.82) is 0 Å². The summed E-state index contributed by atoms with van der Waals surface area (Å²) in [5.41, 5.74) is 1.29. The summed E-state index contributed by atoms with van der Waals surface area (Å²) in [7, 11) is 0. The summed E-state index contributed by atoms with van der Waals surface area (Å²) in [5, 5.41) is 0.0222. The van der Waals surface area contributed by atoms with Gasteiger partial charge in [-0.3, -0.25) is 14.5 Å². The Morgan fingerprint density at radius 1 is 0.923 bits per heavy atom. The second-order valence-corrected chi connectivity index (χ2v) is 8.71. The predicted molar refractivity (Wildman–Crippen MR) is 103 cm³/mol. The largest absolute Gasteiger partial charge is 0.342 e. The molecule has 1 aromatic rings. The van der Waals surface area contributed by atoms with Crippen LogP contribution in [0.25, 0.3) is 0 Å². The molecule has 2 fully saturated rings. The number of nitrogens with zero attached hydrogens (tertiary/aromatic N) is 3. The lowest BCUT2D eigenvalue weighted by molar-refractivity contribution is -0.135. The molecule has 0 N–H and O–H groups in total. The fourth-order valence-corrected chi connectivity index (χ4v) is 5.36. The molecule has 26 heavy (non-hydrogen) atoms. The van der Waals surface area contributed by atoms with Crippen LogP contribution in [0.3, 0.4) is 0 Å². The first kappa shape index (κ1) is 17.9. The van der Waals surface area contributed by atoms with E-state index in [1.54, 1.807) is 11.8 Å². The highest BCUT2D eigenvalue weighted by Gasteiger charge is 2.33. The quantitative estimate of drug-likeness (QED) is 0.811. The van der Waals surface area contributed by atoms with E-state index in [0.717, 1.165) is 58.5 Å². The van der Waals surface area contributed by atoms with Crippen molar-refractivity contribution >= 4 is 23.6 Å². The van der Waals surface area contributed by atoms with Gasteiger partial charge in [0.1, 0.15) is 0 Å². The average molecular weight is 374 g/mol. The van der Waals surface area contributed by atoms with Crippen LogP contribution < -0.4 is 0 Å². The van der Waals surface area contributed by atoms with E-state index in [9.17, 15) is 9.59 Å². The monoisotopic (exact) mass is 373 g/mol. The Labute approximate surface area is 159 Å². The van der Waals surface area contributed by atoms with Gasteiger partial charge >= 0.3 is 0 Å². The van der Waals surface area contributed by atoms with Gasteiger partial charge in [-0.2, -0.15) is 0 Å². The summed E-state index contributed by atoms with van der Waals surface area (Å²) in [6.07, 6.45) is 4.35. The number of thioether (sulfide) groups is 1. The average Bonchev–Trinajstić information content (AvgIpc) is 3.13. The number of carbonyl (C=O) groups excluding carboxylic acids is 2. The van der Waals surface area contributed by atoms with Gasteiger partial charge in [-0.1, -0.05) is 18.2 Å². The van der Waals surface area contributed by atoms with Crippen molar-refractivity contribution in [3.05, 3.63) is 29.8 Å². The summed E-state index contributed by atoms with van der Waals surface area (Å²) in [6.45, 7) is 5.41. The van der Waals surface area contributed by atoms with Crippen molar-refractivity contribution in [3.63, 3.8) is 0 Å². The highest BCUT2D eigenvalue weighted by Crippen LogP contribution is 2.37. The van der Waals surface area contributed by atoms with Gasteiger partial charge in [-0.25, -0.2) is 0 Å². The number of hydrogen-bond acceptors (Lipinski definition) is 4. The second-order valence-electron chi connectivity index (χ2n) is 7.46. The fourth-order valence-electron chi connectivity index (χ4n) is 4.08. The Morgan fingerprint density at radius 3 is 2.38 bits per heavy atom. The van der Waals surface area contributed by atoms with Crippen LogP contribution >= 0.6 is 11.8 Å². The minimum Gasteiger partial charge on any atom is -0.342 e. The molecule has 1 atom stereocenters. The van der Waals surface area contributed by atoms with Crippen LogP contribution in [0.1, 0.15) is 24.8 Å². The van der Waals surface area contributed by atoms with Gasteiger partial charge in [-0.15, -0.1) is 11.8 Å². The number of hydrogen-bond donors (Lipinski definition) is 0. The maximum atomic E-state index is 12.9. The van der Waals surface area contributed by atoms with Gasteiger partial charge in [0.2, 0.25) is 11.8 Å². The zero-order valence-corrected chi connectivity index (χ0v) is 16.0. The molecule has 3 aliphatic heterocycles. The summed E-state index contributed by atoms with van der Waals surface area (Å²) >= 11 is 1.70. The molecule has 3 heterocycles. The molecule has 0 radical (unpaired) electrons. The molecular formula is C20H27N3O2S. The number of fused-ring (bicyclic) bond motifs is 1. The Balaban J connectivity index is 1.25. The van der Waals surface area contributed by atoms with Gasteiger partial charge in [0, 0.05) is 44.2 Å². The van der Waals surface area contributed by atoms with E-state index in [1.165, 1.54) is 16.9 Å². The van der Waals surface area contributed by atoms with E-state index in [4.69, 9.17) is 0 Å². The lowest BCUT2D eigenvalue weighted by Crippen LogP contribution is -2.53. The van der Waals surface area contributed by atoms with Crippen LogP contribution in [0.5, 0.6) is 0 Å². The van der Waals surface area contributed by atoms with Crippen LogP contribution in [0.2, 0.25) is 0 Å². The summed E-state index contributed by atoms with van der Waals surface area (Å²) in [6, 6.07) is 8.32. The van der Waals surface area contributed by atoms with E-state index in [1.807, 2.05) is 21.9 Å². The highest BCUT2D eigenvalue weighted by atomic mass is 32.2. The third-order valence-corrected chi connectivity index (χ3v) is 6.98. The van der Waals surface area contributed by atoms with Crippen LogP contribution in [0.15, 0.2) is 29.2 Å². The minimum atomic E-state index is 0.0222. The van der Waals surface area contributed by atoms with Gasteiger partial charge in [0.25, 0.3) is 0 Å². The number of rotatable bonds is 3. The Bertz CT molecular complexity index is 642. The highest BCUT2D eigenvalue weighted by molar-refractivity contribution is 8.01. The van der Waals surface area contributed by atoms with E-state index in [-0.39, 0.29) is 17.1 Å². The maximum absolute atomic E-state index is 12.9. The Morgan fingerprint density at radius 2 is 1.65 bits per heavy atom. The van der Waals surface area contributed by atoms with E-state index >= 15 is 0 Å². The fraction of sp³-hybridized carbons (Fsp3) is 0.600. The van der Waals surface area contributed by atoms with Gasteiger partial charge in [0.05, 0.1) is 11.8 Å². The molecule has 5 nitrogen and oxygen atoms in total. The molecule has 1 aromatic carbocycles. The molecule has 0 bridgehead atoms. The van der Waals surface area contributed by atoms with Crippen LogP contribution in [0, 0.1) is 0 Å². The molecule has 0 saturated carbocycles. The van der Waals surface area contributed by atoms with Crippen molar-refractivity contribution in [2.45, 2.75) is 35.8 Å². The molecule has 140 valence electrons. The van der Waals surface area contributed by atoms with Crippen LogP contribution in [-0.4, -0.2) is 77.6 Å². The molecule has 0 aliphatic carbocycles. The Hall–Kier alpha value is -1.53. The maximum Gasteiger partial charge on any atom is 0.236 e. The normalized spacial score (nSPS) is 23.8. The first-order valence-electron chi connectivity index (χ1n) is 9.74. The lowest BCUT2D eigenvalue weighted by Gasteiger charge is -2.36. The molecular weight excluding hydrogens is 346 g/mol. The van der Waals surface area contributed by atoms with Crippen molar-refractivity contribution < 1.29 is 9.59 Å². The van der Waals surface area contributed by atoms with Crippen molar-refractivity contribution in [2.24, 2.45) is 0 Å². The number of carbonyl (C=O) groups is 2. The summed E-state index contributed by atoms with van der Waals surface area (Å²) in [5.74, 6) is 0.513. The SMILES string of the molecule is O=C(CN1CCN(C(=O)C2Cc3ccccc3S2)CC1)N1CCCCC1. The standard InChI is InChI=1S/C20H27N3O2S/c24-19(22-8-4-1-5-9-22)15-21-10-12-23(13-11-21)20(25)18-14-16-6-2-3-7-17(16)26-18/h2-3,6-7,18H,1,4-5,8-15H2. The van der Waals surface area contributed by atoms with E-state index < -0.39 is 0 Å². The van der Waals surface area contributed by atoms with Crippen molar-refractivity contribution in [1.82, 2.24) is 14.7 Å². The van der Waals surface area contributed by atoms with E-state index in [0.29, 0.717) is 6.54 Å². The van der Waals surface area contributed by atoms with Crippen molar-refractivity contribution in [3.8, 4) is 0 Å². The third-order valence-electron chi connectivity index (χ3n) is 5.67. The van der Waals surface area contributed by atoms with Crippen LogP contribution in [0.4, 0.5) is 0 Å². The topological polar surface area (TPSA) is 43.9 Å². The van der Waals surface area contributed by atoms with Gasteiger partial charge in [0.15, 0.2) is 0 Å². The minimum absolute atomic E-state index is 0.0222. The lowest BCUT2D eigenvalue weighted by atomic mass is 10.1. The number of piperidine rings is 1. The van der Waals surface area contributed by atoms with Gasteiger partial charge in [-0.05, 0) is 37.3 Å². The van der Waals surface area contributed by atoms with Gasteiger partial charge < -0.3 is 9.80 Å². The number of piperazine rings is 1. The predicted octanol–water partition coefficient (Wildman–Crippen LogP) is 1.86. The molecule has 0 spiro atoms. The molecule has 0 aromatic heterocycles. The van der Waals surface area contributed by atoms with Crippen molar-refractivity contribution in [2.75, 3.05) is 45.8 Å². The molecule has 4 rings (SSSR count). The smallest absolute Gasteiger partial charge is 0.236 e. The first-order chi connectivity index (χ1) is 12.7. The van der Waals surface area contributed by atoms with Crippen LogP contribution in [-0.2, 0) is 16.0 Å². The molecule has 2 amide bonds. The number of benzene rings is 1.